The SMILES string of the molecule is C=C1CCC2[C@](C)(CO)C(O)CC[C@]2(C)[C@H]1CC(C1=CCOC1=O)N1CCCC1C. The first kappa shape index (κ1) is 22.0. The molecule has 2 saturated carbocycles. The Bertz CT molecular complexity index is 733. The van der Waals surface area contributed by atoms with Crippen LogP contribution in [0.5, 0.6) is 0 Å². The molecule has 0 aromatic heterocycles. The van der Waals surface area contributed by atoms with Gasteiger partial charge in [0.15, 0.2) is 0 Å². The fourth-order valence-electron chi connectivity index (χ4n) is 7.36. The molecule has 2 aliphatic carbocycles. The van der Waals surface area contributed by atoms with Crippen LogP contribution in [-0.4, -0.2) is 59.0 Å². The van der Waals surface area contributed by atoms with Crippen molar-refractivity contribution in [2.45, 2.75) is 83.9 Å². The molecule has 2 N–H and O–H groups in total. The number of aliphatic hydroxyl groups excluding tert-OH is 2. The molecule has 5 heteroatoms. The molecule has 2 aliphatic heterocycles. The molecule has 1 saturated heterocycles. The van der Waals surface area contributed by atoms with Gasteiger partial charge in [-0.2, -0.15) is 0 Å². The summed E-state index contributed by atoms with van der Waals surface area (Å²) in [7, 11) is 0. The summed E-state index contributed by atoms with van der Waals surface area (Å²) in [5.74, 6) is 0.346. The maximum Gasteiger partial charge on any atom is 0.335 e. The minimum absolute atomic E-state index is 0.0116. The molecule has 3 fully saturated rings. The Balaban J connectivity index is 1.68. The predicted octanol–water partition coefficient (Wildman–Crippen LogP) is 3.45. The summed E-state index contributed by atoms with van der Waals surface area (Å²) in [5, 5.41) is 21.0. The van der Waals surface area contributed by atoms with E-state index in [9.17, 15) is 15.0 Å². The highest BCUT2D eigenvalue weighted by atomic mass is 16.5. The predicted molar refractivity (Wildman–Crippen MR) is 117 cm³/mol. The molecule has 0 amide bonds. The Morgan fingerprint density at radius 3 is 2.70 bits per heavy atom. The van der Waals surface area contributed by atoms with Crippen LogP contribution in [0, 0.1) is 22.7 Å². The smallest absolute Gasteiger partial charge is 0.335 e. The van der Waals surface area contributed by atoms with E-state index in [1.165, 1.54) is 18.4 Å². The highest BCUT2D eigenvalue weighted by molar-refractivity contribution is 5.91. The van der Waals surface area contributed by atoms with Crippen LogP contribution in [0.4, 0.5) is 0 Å². The molecule has 4 aliphatic rings. The minimum atomic E-state index is -0.478. The van der Waals surface area contributed by atoms with E-state index in [1.54, 1.807) is 0 Å². The van der Waals surface area contributed by atoms with Crippen molar-refractivity contribution in [2.75, 3.05) is 19.8 Å². The second kappa shape index (κ2) is 8.07. The van der Waals surface area contributed by atoms with Gasteiger partial charge in [0.05, 0.1) is 18.3 Å². The average Bonchev–Trinajstić information content (AvgIpc) is 3.33. The van der Waals surface area contributed by atoms with E-state index < -0.39 is 11.5 Å². The summed E-state index contributed by atoms with van der Waals surface area (Å²) in [4.78, 5) is 15.1. The summed E-state index contributed by atoms with van der Waals surface area (Å²) in [6.45, 7) is 12.6. The molecule has 5 nitrogen and oxygen atoms in total. The summed E-state index contributed by atoms with van der Waals surface area (Å²) >= 11 is 0. The maximum absolute atomic E-state index is 12.6. The number of nitrogens with zero attached hydrogens (tertiary/aromatic N) is 1. The summed E-state index contributed by atoms with van der Waals surface area (Å²) in [6, 6.07) is 0.516. The topological polar surface area (TPSA) is 70.0 Å². The van der Waals surface area contributed by atoms with Crippen LogP contribution in [0.3, 0.4) is 0 Å². The third-order valence-corrected chi connectivity index (χ3v) is 9.27. The van der Waals surface area contributed by atoms with Gasteiger partial charge in [0.2, 0.25) is 0 Å². The van der Waals surface area contributed by atoms with E-state index in [0.717, 1.165) is 37.8 Å². The first-order chi connectivity index (χ1) is 14.2. The van der Waals surface area contributed by atoms with E-state index >= 15 is 0 Å². The lowest BCUT2D eigenvalue weighted by molar-refractivity contribution is -0.154. The number of fused-ring (bicyclic) bond motifs is 1. The minimum Gasteiger partial charge on any atom is -0.458 e. The van der Waals surface area contributed by atoms with Crippen LogP contribution in [0.15, 0.2) is 23.8 Å². The number of rotatable bonds is 5. The maximum atomic E-state index is 12.6. The van der Waals surface area contributed by atoms with E-state index in [4.69, 9.17) is 4.74 Å². The van der Waals surface area contributed by atoms with Crippen molar-refractivity contribution < 1.29 is 19.7 Å². The molecule has 7 atom stereocenters. The molecule has 4 rings (SSSR count). The standard InChI is InChI=1S/C25H39NO4/c1-16-7-8-21-24(3,11-9-22(28)25(21,4)15-27)19(16)14-20(18-10-13-30-23(18)29)26-12-5-6-17(26)2/h10,17,19-22,27-28H,1,5-9,11-15H2,2-4H3/t17?,19-,20?,21?,22?,24+,25-/m0/s1. The third kappa shape index (κ3) is 3.37. The van der Waals surface area contributed by atoms with Crippen molar-refractivity contribution in [1.82, 2.24) is 4.90 Å². The molecule has 0 aromatic rings. The van der Waals surface area contributed by atoms with E-state index in [2.05, 4.69) is 32.3 Å². The highest BCUT2D eigenvalue weighted by Gasteiger charge is 2.58. The van der Waals surface area contributed by atoms with E-state index in [0.29, 0.717) is 19.1 Å². The van der Waals surface area contributed by atoms with Crippen molar-refractivity contribution in [2.24, 2.45) is 22.7 Å². The van der Waals surface area contributed by atoms with Gasteiger partial charge in [-0.1, -0.05) is 26.0 Å². The van der Waals surface area contributed by atoms with E-state index in [-0.39, 0.29) is 35.9 Å². The molecular formula is C25H39NO4. The van der Waals surface area contributed by atoms with Crippen molar-refractivity contribution in [3.05, 3.63) is 23.8 Å². The Labute approximate surface area is 181 Å². The average molecular weight is 418 g/mol. The van der Waals surface area contributed by atoms with Crippen molar-refractivity contribution >= 4 is 5.97 Å². The Hall–Kier alpha value is -1.17. The zero-order chi connectivity index (χ0) is 21.7. The van der Waals surface area contributed by atoms with Gasteiger partial charge in [-0.05, 0) is 81.7 Å². The largest absolute Gasteiger partial charge is 0.458 e. The van der Waals surface area contributed by atoms with Gasteiger partial charge in [-0.15, -0.1) is 0 Å². The van der Waals surface area contributed by atoms with Crippen LogP contribution >= 0.6 is 0 Å². The first-order valence-electron chi connectivity index (χ1n) is 11.8. The van der Waals surface area contributed by atoms with Crippen LogP contribution in [-0.2, 0) is 9.53 Å². The molecule has 0 bridgehead atoms. The zero-order valence-corrected chi connectivity index (χ0v) is 18.9. The second-order valence-corrected chi connectivity index (χ2v) is 10.8. The fourth-order valence-corrected chi connectivity index (χ4v) is 7.36. The number of ether oxygens (including phenoxy) is 1. The molecule has 0 spiro atoms. The van der Waals surface area contributed by atoms with Gasteiger partial charge >= 0.3 is 5.97 Å². The molecule has 30 heavy (non-hydrogen) atoms. The molecule has 0 radical (unpaired) electrons. The monoisotopic (exact) mass is 417 g/mol. The number of hydrogen-bond donors (Lipinski definition) is 2. The number of likely N-dealkylation sites (tertiary alicyclic amines) is 1. The number of hydrogen-bond acceptors (Lipinski definition) is 5. The third-order valence-electron chi connectivity index (χ3n) is 9.27. The number of allylic oxidation sites excluding steroid dienone is 1. The molecular weight excluding hydrogens is 378 g/mol. The van der Waals surface area contributed by atoms with Crippen molar-refractivity contribution in [3.63, 3.8) is 0 Å². The number of esters is 1. The van der Waals surface area contributed by atoms with Crippen LogP contribution in [0.2, 0.25) is 0 Å². The van der Waals surface area contributed by atoms with Crippen molar-refractivity contribution in [3.8, 4) is 0 Å². The summed E-state index contributed by atoms with van der Waals surface area (Å²) < 4.78 is 5.31. The zero-order valence-electron chi connectivity index (χ0n) is 18.9. The second-order valence-electron chi connectivity index (χ2n) is 10.8. The quantitative estimate of drug-likeness (QED) is 0.530. The normalized spacial score (nSPS) is 43.3. The molecule has 4 unspecified atom stereocenters. The first-order valence-corrected chi connectivity index (χ1v) is 11.8. The Kier molecular flexibility index (Phi) is 5.93. The van der Waals surface area contributed by atoms with Gasteiger partial charge < -0.3 is 14.9 Å². The number of carbonyl (C=O) groups excluding carboxylic acids is 1. The molecule has 2 heterocycles. The van der Waals surface area contributed by atoms with Crippen LogP contribution < -0.4 is 0 Å². The van der Waals surface area contributed by atoms with E-state index in [1.807, 2.05) is 6.08 Å². The summed E-state index contributed by atoms with van der Waals surface area (Å²) in [6.07, 6.45) is 8.26. The number of cyclic esters (lactones) is 1. The Morgan fingerprint density at radius 2 is 2.10 bits per heavy atom. The molecule has 0 aromatic carbocycles. The lowest BCUT2D eigenvalue weighted by Gasteiger charge is -2.60. The number of aliphatic hydroxyl groups is 2. The van der Waals surface area contributed by atoms with Crippen LogP contribution in [0.1, 0.15) is 65.7 Å². The lowest BCUT2D eigenvalue weighted by Crippen LogP contribution is -2.58. The van der Waals surface area contributed by atoms with Gasteiger partial charge in [0.25, 0.3) is 0 Å². The highest BCUT2D eigenvalue weighted by Crippen LogP contribution is 2.62. The summed E-state index contributed by atoms with van der Waals surface area (Å²) in [5.41, 5.74) is 1.59. The fraction of sp³-hybridized carbons (Fsp3) is 0.800. The van der Waals surface area contributed by atoms with Crippen molar-refractivity contribution in [1.29, 1.82) is 0 Å². The number of carbonyl (C=O) groups is 1. The van der Waals surface area contributed by atoms with Gasteiger partial charge in [0.1, 0.15) is 6.61 Å². The van der Waals surface area contributed by atoms with Crippen LogP contribution in [0.25, 0.3) is 0 Å². The van der Waals surface area contributed by atoms with Gasteiger partial charge in [-0.3, -0.25) is 4.90 Å². The molecule has 168 valence electrons. The van der Waals surface area contributed by atoms with Gasteiger partial charge in [-0.25, -0.2) is 4.79 Å². The van der Waals surface area contributed by atoms with Gasteiger partial charge in [0, 0.05) is 17.5 Å². The lowest BCUT2D eigenvalue weighted by atomic mass is 9.46. The Morgan fingerprint density at radius 1 is 1.33 bits per heavy atom.